The van der Waals surface area contributed by atoms with Crippen LogP contribution in [0.2, 0.25) is 0 Å². The molecule has 4 aromatic rings. The van der Waals surface area contributed by atoms with E-state index in [2.05, 4.69) is 38.8 Å². The SMILES string of the molecule is CCC[n+]1cc(Br)cc(C(=O)Nc2ccc(CCC(=O)NC(C)NC(=O)c3cccc4ccccc34)cc2)c1.[Cl-]. The molecule has 0 aliphatic rings. The smallest absolute Gasteiger partial charge is 0.261 e. The minimum absolute atomic E-state index is 0. The number of aryl methyl sites for hydroxylation is 2. The second-order valence-corrected chi connectivity index (χ2v) is 10.3. The van der Waals surface area contributed by atoms with E-state index in [9.17, 15) is 14.4 Å². The molecular weight excluding hydrogens is 592 g/mol. The largest absolute Gasteiger partial charge is 1.00 e. The Hall–Kier alpha value is -3.75. The number of benzene rings is 3. The molecule has 40 heavy (non-hydrogen) atoms. The van der Waals surface area contributed by atoms with Gasteiger partial charge in [-0.2, -0.15) is 0 Å². The van der Waals surface area contributed by atoms with Crippen LogP contribution < -0.4 is 32.9 Å². The number of halogens is 2. The first kappa shape index (κ1) is 30.8. The van der Waals surface area contributed by atoms with Gasteiger partial charge in [0, 0.05) is 24.1 Å². The van der Waals surface area contributed by atoms with Crippen LogP contribution in [0.25, 0.3) is 10.8 Å². The number of anilines is 1. The van der Waals surface area contributed by atoms with Crippen LogP contribution in [0, 0.1) is 0 Å². The second-order valence-electron chi connectivity index (χ2n) is 9.42. The normalized spacial score (nSPS) is 11.3. The third kappa shape index (κ3) is 8.37. The number of pyridine rings is 1. The summed E-state index contributed by atoms with van der Waals surface area (Å²) in [4.78, 5) is 38.0. The Labute approximate surface area is 248 Å². The average molecular weight is 624 g/mol. The maximum absolute atomic E-state index is 12.8. The van der Waals surface area contributed by atoms with Gasteiger partial charge < -0.3 is 28.4 Å². The fourth-order valence-electron chi connectivity index (χ4n) is 4.37. The van der Waals surface area contributed by atoms with Gasteiger partial charge in [-0.3, -0.25) is 14.4 Å². The predicted molar refractivity (Wildman–Crippen MR) is 156 cm³/mol. The Balaban J connectivity index is 0.00000441. The number of hydrogen-bond acceptors (Lipinski definition) is 3. The lowest BCUT2D eigenvalue weighted by atomic mass is 10.0. The van der Waals surface area contributed by atoms with E-state index in [0.717, 1.165) is 33.8 Å². The van der Waals surface area contributed by atoms with Crippen LogP contribution in [0.1, 0.15) is 53.0 Å². The molecule has 0 saturated heterocycles. The van der Waals surface area contributed by atoms with E-state index < -0.39 is 6.17 Å². The van der Waals surface area contributed by atoms with Crippen molar-refractivity contribution in [1.82, 2.24) is 10.6 Å². The summed E-state index contributed by atoms with van der Waals surface area (Å²) in [6.07, 6.45) is 5.05. The molecular formula is C31H32BrClN4O3. The summed E-state index contributed by atoms with van der Waals surface area (Å²) in [7, 11) is 0. The minimum Gasteiger partial charge on any atom is -1.00 e. The highest BCUT2D eigenvalue weighted by Crippen LogP contribution is 2.18. The highest BCUT2D eigenvalue weighted by molar-refractivity contribution is 9.10. The van der Waals surface area contributed by atoms with Gasteiger partial charge in [0.15, 0.2) is 12.4 Å². The number of aromatic nitrogens is 1. The first-order chi connectivity index (χ1) is 18.8. The molecule has 1 unspecified atom stereocenters. The van der Waals surface area contributed by atoms with E-state index >= 15 is 0 Å². The number of fused-ring (bicyclic) bond motifs is 1. The Morgan fingerprint density at radius 2 is 1.62 bits per heavy atom. The highest BCUT2D eigenvalue weighted by Gasteiger charge is 2.15. The van der Waals surface area contributed by atoms with Gasteiger partial charge in [0.25, 0.3) is 11.8 Å². The first-order valence-electron chi connectivity index (χ1n) is 13.0. The molecule has 208 valence electrons. The molecule has 3 N–H and O–H groups in total. The number of carbonyl (C=O) groups excluding carboxylic acids is 3. The van der Waals surface area contributed by atoms with E-state index in [4.69, 9.17) is 0 Å². The van der Waals surface area contributed by atoms with Gasteiger partial charge in [0.1, 0.15) is 12.1 Å². The van der Waals surface area contributed by atoms with Gasteiger partial charge in [-0.05, 0) is 69.9 Å². The summed E-state index contributed by atoms with van der Waals surface area (Å²) >= 11 is 3.47. The number of nitrogens with one attached hydrogen (secondary N) is 3. The summed E-state index contributed by atoms with van der Waals surface area (Å²) in [5, 5.41) is 10.5. The number of carbonyl (C=O) groups is 3. The van der Waals surface area contributed by atoms with Gasteiger partial charge in [0.05, 0.1) is 10.6 Å². The Morgan fingerprint density at radius 3 is 2.38 bits per heavy atom. The van der Waals surface area contributed by atoms with Crippen LogP contribution in [0.3, 0.4) is 0 Å². The van der Waals surface area contributed by atoms with Crippen molar-refractivity contribution < 1.29 is 31.4 Å². The third-order valence-corrected chi connectivity index (χ3v) is 6.68. The molecule has 7 nitrogen and oxygen atoms in total. The Bertz CT molecular complexity index is 1490. The molecule has 0 saturated carbocycles. The van der Waals surface area contributed by atoms with Crippen LogP contribution >= 0.6 is 15.9 Å². The van der Waals surface area contributed by atoms with E-state index in [1.807, 2.05) is 77.6 Å². The van der Waals surface area contributed by atoms with E-state index in [0.29, 0.717) is 23.2 Å². The monoisotopic (exact) mass is 622 g/mol. The topological polar surface area (TPSA) is 91.2 Å². The molecule has 9 heteroatoms. The average Bonchev–Trinajstić information content (AvgIpc) is 2.92. The van der Waals surface area contributed by atoms with Crippen LogP contribution in [-0.2, 0) is 17.8 Å². The highest BCUT2D eigenvalue weighted by atomic mass is 79.9. The fraction of sp³-hybridized carbons (Fsp3) is 0.226. The minimum atomic E-state index is -0.518. The quantitative estimate of drug-likeness (QED) is 0.187. The van der Waals surface area contributed by atoms with Crippen molar-refractivity contribution in [3.05, 3.63) is 106 Å². The summed E-state index contributed by atoms with van der Waals surface area (Å²) in [6.45, 7) is 4.66. The van der Waals surface area contributed by atoms with Crippen molar-refractivity contribution in [1.29, 1.82) is 0 Å². The number of rotatable bonds is 10. The molecule has 3 amide bonds. The molecule has 0 radical (unpaired) electrons. The zero-order valence-electron chi connectivity index (χ0n) is 22.4. The molecule has 0 bridgehead atoms. The maximum Gasteiger partial charge on any atom is 0.261 e. The second kappa shape index (κ2) is 14.6. The summed E-state index contributed by atoms with van der Waals surface area (Å²) < 4.78 is 2.84. The third-order valence-electron chi connectivity index (χ3n) is 6.24. The molecule has 0 spiro atoms. The number of amides is 3. The van der Waals surface area contributed by atoms with Crippen LogP contribution in [-0.4, -0.2) is 23.9 Å². The zero-order valence-corrected chi connectivity index (χ0v) is 24.8. The van der Waals surface area contributed by atoms with Crippen molar-refractivity contribution >= 4 is 50.1 Å². The molecule has 0 aliphatic carbocycles. The first-order valence-corrected chi connectivity index (χ1v) is 13.8. The van der Waals surface area contributed by atoms with Crippen LogP contribution in [0.15, 0.2) is 89.7 Å². The Morgan fingerprint density at radius 1 is 0.900 bits per heavy atom. The molecule has 1 atom stereocenters. The lowest BCUT2D eigenvalue weighted by molar-refractivity contribution is -0.697. The summed E-state index contributed by atoms with van der Waals surface area (Å²) in [5.41, 5.74) is 2.79. The predicted octanol–water partition coefficient (Wildman–Crippen LogP) is 2.38. The van der Waals surface area contributed by atoms with E-state index in [1.54, 1.807) is 19.1 Å². The molecule has 3 aromatic carbocycles. The molecule has 4 rings (SSSR count). The van der Waals surface area contributed by atoms with E-state index in [-0.39, 0.29) is 36.5 Å². The van der Waals surface area contributed by atoms with Crippen molar-refractivity contribution in [3.8, 4) is 0 Å². The van der Waals surface area contributed by atoms with Crippen molar-refractivity contribution in [3.63, 3.8) is 0 Å². The molecule has 0 fully saturated rings. The Kier molecular flexibility index (Phi) is 11.2. The molecule has 1 heterocycles. The van der Waals surface area contributed by atoms with Crippen LogP contribution in [0.4, 0.5) is 5.69 Å². The zero-order chi connectivity index (χ0) is 27.8. The lowest BCUT2D eigenvalue weighted by Crippen LogP contribution is -3.00. The fourth-order valence-corrected chi connectivity index (χ4v) is 4.88. The maximum atomic E-state index is 12.8. The van der Waals surface area contributed by atoms with Crippen molar-refractivity contribution in [2.75, 3.05) is 5.32 Å². The van der Waals surface area contributed by atoms with Gasteiger partial charge in [-0.15, -0.1) is 0 Å². The van der Waals surface area contributed by atoms with E-state index in [1.165, 1.54) is 0 Å². The van der Waals surface area contributed by atoms with Crippen molar-refractivity contribution in [2.45, 2.75) is 45.8 Å². The van der Waals surface area contributed by atoms with Gasteiger partial charge >= 0.3 is 0 Å². The van der Waals surface area contributed by atoms with Crippen molar-refractivity contribution in [2.24, 2.45) is 0 Å². The van der Waals surface area contributed by atoms with Crippen LogP contribution in [0.5, 0.6) is 0 Å². The standard InChI is InChI=1S/C31H31BrN4O3.ClH/c1-3-17-36-19-24(18-25(32)20-36)30(38)35-26-14-11-22(12-15-26)13-16-29(37)33-21(2)34-31(39)28-10-6-8-23-7-4-5-9-27(23)28;/h4-12,14-15,18-21H,3,13,16-17H2,1-2H3,(H2-,33,34,35,37,38,39);1H. The molecule has 1 aromatic heterocycles. The van der Waals surface area contributed by atoms with Gasteiger partial charge in [-0.25, -0.2) is 4.57 Å². The summed E-state index contributed by atoms with van der Waals surface area (Å²) in [5.74, 6) is -0.582. The van der Waals surface area contributed by atoms with Gasteiger partial charge in [0.2, 0.25) is 5.91 Å². The molecule has 0 aliphatic heterocycles. The summed E-state index contributed by atoms with van der Waals surface area (Å²) in [6, 6.07) is 22.5. The number of hydrogen-bond donors (Lipinski definition) is 3. The lowest BCUT2D eigenvalue weighted by Gasteiger charge is -2.16. The number of nitrogens with zero attached hydrogens (tertiary/aromatic N) is 1. The van der Waals surface area contributed by atoms with Gasteiger partial charge in [-0.1, -0.05) is 55.5 Å².